The molecule has 0 bridgehead atoms. The van der Waals surface area contributed by atoms with Crippen molar-refractivity contribution in [2.45, 2.75) is 45.1 Å². The maximum Gasteiger partial charge on any atom is 0.230 e. The van der Waals surface area contributed by atoms with Gasteiger partial charge in [0.1, 0.15) is 11.1 Å². The van der Waals surface area contributed by atoms with Crippen molar-refractivity contribution in [2.75, 3.05) is 12.3 Å². The van der Waals surface area contributed by atoms with Gasteiger partial charge in [0.25, 0.3) is 0 Å². The van der Waals surface area contributed by atoms with Gasteiger partial charge in [0.15, 0.2) is 0 Å². The van der Waals surface area contributed by atoms with Crippen molar-refractivity contribution in [3.05, 3.63) is 22.9 Å². The van der Waals surface area contributed by atoms with Gasteiger partial charge >= 0.3 is 0 Å². The Bertz CT molecular complexity index is 509. The number of pyridine rings is 1. The summed E-state index contributed by atoms with van der Waals surface area (Å²) in [6, 6.07) is 4.04. The summed E-state index contributed by atoms with van der Waals surface area (Å²) in [4.78, 5) is 16.1. The van der Waals surface area contributed by atoms with Crippen LogP contribution in [0.5, 0.6) is 0 Å². The highest BCUT2D eigenvalue weighted by Gasteiger charge is 2.11. The summed E-state index contributed by atoms with van der Waals surface area (Å²) in [5.74, 6) is 0.299. The van der Waals surface area contributed by atoms with E-state index in [4.69, 9.17) is 5.26 Å². The molecule has 1 rings (SSSR count). The monoisotopic (exact) mass is 291 g/mol. The minimum atomic E-state index is -0.00375. The van der Waals surface area contributed by atoms with Gasteiger partial charge < -0.3 is 5.32 Å². The van der Waals surface area contributed by atoms with Crippen LogP contribution in [0.15, 0.2) is 11.1 Å². The van der Waals surface area contributed by atoms with Crippen LogP contribution in [0.4, 0.5) is 0 Å². The summed E-state index contributed by atoms with van der Waals surface area (Å²) >= 11 is 1.33. The first-order valence-electron chi connectivity index (χ1n) is 6.86. The third kappa shape index (κ3) is 5.22. The molecule has 0 unspecified atom stereocenters. The maximum absolute atomic E-state index is 11.7. The molecule has 0 aromatic carbocycles. The molecular formula is C15H21N3OS. The average molecular weight is 291 g/mol. The van der Waals surface area contributed by atoms with Crippen LogP contribution in [0.1, 0.15) is 43.0 Å². The van der Waals surface area contributed by atoms with Gasteiger partial charge in [-0.1, -0.05) is 31.5 Å². The van der Waals surface area contributed by atoms with E-state index in [0.717, 1.165) is 37.1 Å². The lowest BCUT2D eigenvalue weighted by atomic mass is 10.1. The second-order valence-electron chi connectivity index (χ2n) is 4.72. The number of carbonyl (C=O) groups excluding carboxylic acids is 1. The number of nitrogens with one attached hydrogen (secondary N) is 1. The average Bonchev–Trinajstić information content (AvgIpc) is 2.41. The molecule has 0 aliphatic rings. The van der Waals surface area contributed by atoms with Crippen molar-refractivity contribution < 1.29 is 4.79 Å². The topological polar surface area (TPSA) is 65.8 Å². The van der Waals surface area contributed by atoms with Crippen molar-refractivity contribution in [2.24, 2.45) is 0 Å². The summed E-state index contributed by atoms with van der Waals surface area (Å²) < 4.78 is 0. The van der Waals surface area contributed by atoms with Gasteiger partial charge in [0, 0.05) is 12.2 Å². The largest absolute Gasteiger partial charge is 0.355 e. The van der Waals surface area contributed by atoms with Crippen molar-refractivity contribution in [1.82, 2.24) is 10.3 Å². The number of aromatic nitrogens is 1. The number of amides is 1. The van der Waals surface area contributed by atoms with Crippen LogP contribution >= 0.6 is 11.8 Å². The fourth-order valence-electron chi connectivity index (χ4n) is 1.83. The molecule has 1 aromatic rings. The molecule has 0 saturated carbocycles. The first-order valence-corrected chi connectivity index (χ1v) is 7.84. The highest BCUT2D eigenvalue weighted by molar-refractivity contribution is 8.00. The van der Waals surface area contributed by atoms with E-state index in [0.29, 0.717) is 16.3 Å². The Hall–Kier alpha value is -1.54. The zero-order valence-corrected chi connectivity index (χ0v) is 13.1. The Kier molecular flexibility index (Phi) is 7.10. The molecule has 0 aliphatic heterocycles. The van der Waals surface area contributed by atoms with Gasteiger partial charge in [0.05, 0.1) is 11.3 Å². The predicted molar refractivity (Wildman–Crippen MR) is 81.7 cm³/mol. The van der Waals surface area contributed by atoms with Crippen LogP contribution in [0.3, 0.4) is 0 Å². The van der Waals surface area contributed by atoms with Gasteiger partial charge in [-0.3, -0.25) is 4.79 Å². The van der Waals surface area contributed by atoms with Crippen LogP contribution in [0.25, 0.3) is 0 Å². The fourth-order valence-corrected chi connectivity index (χ4v) is 2.76. The van der Waals surface area contributed by atoms with Gasteiger partial charge in [0.2, 0.25) is 5.91 Å². The molecule has 0 aliphatic carbocycles. The first-order chi connectivity index (χ1) is 9.58. The van der Waals surface area contributed by atoms with Gasteiger partial charge in [-0.05, 0) is 31.9 Å². The van der Waals surface area contributed by atoms with Crippen LogP contribution in [0, 0.1) is 25.2 Å². The van der Waals surface area contributed by atoms with Crippen LogP contribution in [0.2, 0.25) is 0 Å². The fraction of sp³-hybridized carbons (Fsp3) is 0.533. The van der Waals surface area contributed by atoms with Crippen molar-refractivity contribution in [3.8, 4) is 6.07 Å². The molecule has 1 N–H and O–H groups in total. The van der Waals surface area contributed by atoms with Gasteiger partial charge in [-0.15, -0.1) is 0 Å². The molecule has 4 nitrogen and oxygen atoms in total. The SMILES string of the molecule is CCCCCNC(=O)CSc1nc(C)cc(C)c1C#N. The van der Waals surface area contributed by atoms with Crippen LogP contribution in [-0.2, 0) is 4.79 Å². The maximum atomic E-state index is 11.7. The van der Waals surface area contributed by atoms with E-state index in [-0.39, 0.29) is 5.91 Å². The van der Waals surface area contributed by atoms with Crippen molar-refractivity contribution >= 4 is 17.7 Å². The molecule has 0 saturated heterocycles. The lowest BCUT2D eigenvalue weighted by Gasteiger charge is -2.08. The van der Waals surface area contributed by atoms with Crippen molar-refractivity contribution in [1.29, 1.82) is 5.26 Å². The Balaban J connectivity index is 2.53. The van der Waals surface area contributed by atoms with Gasteiger partial charge in [-0.2, -0.15) is 5.26 Å². The summed E-state index contributed by atoms with van der Waals surface area (Å²) in [6.07, 6.45) is 3.28. The molecule has 1 heterocycles. The van der Waals surface area contributed by atoms with Gasteiger partial charge in [-0.25, -0.2) is 4.98 Å². The van der Waals surface area contributed by atoms with E-state index < -0.39 is 0 Å². The lowest BCUT2D eigenvalue weighted by Crippen LogP contribution is -2.26. The molecule has 20 heavy (non-hydrogen) atoms. The summed E-state index contributed by atoms with van der Waals surface area (Å²) in [5.41, 5.74) is 2.34. The number of nitriles is 1. The standard InChI is InChI=1S/C15H21N3OS/c1-4-5-6-7-17-14(19)10-20-15-13(9-16)11(2)8-12(3)18-15/h8H,4-7,10H2,1-3H3,(H,17,19). The Morgan fingerprint density at radius 2 is 2.20 bits per heavy atom. The number of thioether (sulfide) groups is 1. The quantitative estimate of drug-likeness (QED) is 0.619. The summed E-state index contributed by atoms with van der Waals surface area (Å²) in [7, 11) is 0. The second-order valence-corrected chi connectivity index (χ2v) is 5.68. The number of nitrogens with zero attached hydrogens (tertiary/aromatic N) is 2. The van der Waals surface area contributed by atoms with Crippen LogP contribution in [-0.4, -0.2) is 23.2 Å². The zero-order chi connectivity index (χ0) is 15.0. The van der Waals surface area contributed by atoms with E-state index in [1.165, 1.54) is 11.8 Å². The Morgan fingerprint density at radius 1 is 1.45 bits per heavy atom. The van der Waals surface area contributed by atoms with Crippen LogP contribution < -0.4 is 5.32 Å². The van der Waals surface area contributed by atoms with E-state index in [1.807, 2.05) is 19.9 Å². The van der Waals surface area contributed by atoms with E-state index in [9.17, 15) is 4.79 Å². The zero-order valence-electron chi connectivity index (χ0n) is 12.3. The third-order valence-electron chi connectivity index (χ3n) is 2.87. The molecular weight excluding hydrogens is 270 g/mol. The highest BCUT2D eigenvalue weighted by Crippen LogP contribution is 2.23. The number of carbonyl (C=O) groups is 1. The minimum Gasteiger partial charge on any atom is -0.355 e. The number of hydrogen-bond acceptors (Lipinski definition) is 4. The molecule has 108 valence electrons. The van der Waals surface area contributed by atoms with Crippen molar-refractivity contribution in [3.63, 3.8) is 0 Å². The predicted octanol–water partition coefficient (Wildman–Crippen LogP) is 2.97. The number of rotatable bonds is 7. The Morgan fingerprint density at radius 3 is 2.85 bits per heavy atom. The molecule has 5 heteroatoms. The number of aryl methyl sites for hydroxylation is 2. The molecule has 1 amide bonds. The lowest BCUT2D eigenvalue weighted by molar-refractivity contribution is -0.118. The summed E-state index contributed by atoms with van der Waals surface area (Å²) in [5, 5.41) is 12.7. The number of unbranched alkanes of at least 4 members (excludes halogenated alkanes) is 2. The third-order valence-corrected chi connectivity index (χ3v) is 3.84. The molecule has 0 fully saturated rings. The van der Waals surface area contributed by atoms with E-state index in [2.05, 4.69) is 23.3 Å². The molecule has 0 atom stereocenters. The number of hydrogen-bond donors (Lipinski definition) is 1. The normalized spacial score (nSPS) is 10.1. The van der Waals surface area contributed by atoms with E-state index >= 15 is 0 Å². The molecule has 1 aromatic heterocycles. The smallest absolute Gasteiger partial charge is 0.230 e. The summed E-state index contributed by atoms with van der Waals surface area (Å²) in [6.45, 7) is 6.64. The minimum absolute atomic E-state index is 0.00375. The van der Waals surface area contributed by atoms with E-state index in [1.54, 1.807) is 0 Å². The highest BCUT2D eigenvalue weighted by atomic mass is 32.2. The Labute approximate surface area is 125 Å². The first kappa shape index (κ1) is 16.5. The second kappa shape index (κ2) is 8.60. The molecule has 0 radical (unpaired) electrons. The molecule has 0 spiro atoms.